The van der Waals surface area contributed by atoms with E-state index in [0.29, 0.717) is 11.3 Å². The van der Waals surface area contributed by atoms with Crippen LogP contribution in [0, 0.1) is 10.1 Å². The fraction of sp³-hybridized carbons (Fsp3) is 0.353. The molecule has 8 heteroatoms. The summed E-state index contributed by atoms with van der Waals surface area (Å²) in [5, 5.41) is 10.7. The van der Waals surface area contributed by atoms with E-state index in [1.54, 1.807) is 24.3 Å². The quantitative estimate of drug-likeness (QED) is 0.467. The maximum absolute atomic E-state index is 12.2. The van der Waals surface area contributed by atoms with Crippen LogP contribution in [-0.2, 0) is 4.74 Å². The minimum absolute atomic E-state index is 0. The lowest BCUT2D eigenvalue weighted by Crippen LogP contribution is -2.35. The van der Waals surface area contributed by atoms with Crippen molar-refractivity contribution in [2.24, 2.45) is 0 Å². The number of piperidine rings is 1. The van der Waals surface area contributed by atoms with Crippen molar-refractivity contribution in [3.63, 3.8) is 0 Å². The lowest BCUT2D eigenvalue weighted by atomic mass is 10.1. The molecule has 1 aliphatic rings. The van der Waals surface area contributed by atoms with Gasteiger partial charge in [-0.25, -0.2) is 4.79 Å². The molecule has 0 spiro atoms. The zero-order chi connectivity index (χ0) is 17.1. The van der Waals surface area contributed by atoms with Crippen LogP contribution < -0.4 is 0 Å². The zero-order valence-corrected chi connectivity index (χ0v) is 14.5. The highest BCUT2D eigenvalue weighted by atomic mass is 35.5. The summed E-state index contributed by atoms with van der Waals surface area (Å²) in [6.07, 6.45) is 1.55. The summed E-state index contributed by atoms with van der Waals surface area (Å²) in [4.78, 5) is 24.6. The Morgan fingerprint density at radius 1 is 1.20 bits per heavy atom. The Morgan fingerprint density at radius 3 is 2.44 bits per heavy atom. The van der Waals surface area contributed by atoms with Crippen LogP contribution in [0.5, 0.6) is 0 Å². The Hall–Kier alpha value is -2.38. The number of non-ortho nitro benzene ring substituents is 1. The van der Waals surface area contributed by atoms with Gasteiger partial charge in [0.05, 0.1) is 4.92 Å². The first-order valence-corrected chi connectivity index (χ1v) is 7.77. The molecule has 134 valence electrons. The lowest BCUT2D eigenvalue weighted by molar-refractivity contribution is -0.384. The van der Waals surface area contributed by atoms with Gasteiger partial charge in [-0.1, -0.05) is 0 Å². The van der Waals surface area contributed by atoms with Crippen LogP contribution in [-0.4, -0.2) is 42.0 Å². The molecule has 0 bridgehead atoms. The number of carbonyl (C=O) groups is 1. The van der Waals surface area contributed by atoms with Crippen LogP contribution in [0.25, 0.3) is 11.3 Å². The highest BCUT2D eigenvalue weighted by molar-refractivity contribution is 5.87. The third-order valence-electron chi connectivity index (χ3n) is 4.11. The van der Waals surface area contributed by atoms with Gasteiger partial charge in [0.2, 0.25) is 5.76 Å². The molecule has 7 nitrogen and oxygen atoms in total. The Balaban J connectivity index is 0.00000225. The topological polar surface area (TPSA) is 85.8 Å². The number of hydrogen-bond donors (Lipinski definition) is 0. The predicted molar refractivity (Wildman–Crippen MR) is 94.0 cm³/mol. The molecular formula is C17H19ClN2O5. The molecule has 0 aliphatic carbocycles. The molecule has 0 saturated carbocycles. The van der Waals surface area contributed by atoms with E-state index in [9.17, 15) is 14.9 Å². The van der Waals surface area contributed by atoms with Gasteiger partial charge in [-0.15, -0.1) is 12.4 Å². The number of halogens is 1. The molecule has 25 heavy (non-hydrogen) atoms. The molecule has 1 aromatic carbocycles. The highest BCUT2D eigenvalue weighted by Crippen LogP contribution is 2.25. The van der Waals surface area contributed by atoms with Crippen LogP contribution >= 0.6 is 12.4 Å². The summed E-state index contributed by atoms with van der Waals surface area (Å²) in [5.74, 6) is 0.139. The van der Waals surface area contributed by atoms with Gasteiger partial charge < -0.3 is 14.1 Å². The Labute approximate surface area is 151 Å². The highest BCUT2D eigenvalue weighted by Gasteiger charge is 2.23. The fourth-order valence-electron chi connectivity index (χ4n) is 2.66. The second kappa shape index (κ2) is 8.13. The van der Waals surface area contributed by atoms with Gasteiger partial charge in [-0.3, -0.25) is 10.1 Å². The minimum Gasteiger partial charge on any atom is -0.456 e. The van der Waals surface area contributed by atoms with Gasteiger partial charge in [-0.05, 0) is 44.2 Å². The number of esters is 1. The van der Waals surface area contributed by atoms with Crippen LogP contribution in [0.2, 0.25) is 0 Å². The number of benzene rings is 1. The third kappa shape index (κ3) is 4.58. The van der Waals surface area contributed by atoms with Gasteiger partial charge in [0.1, 0.15) is 11.9 Å². The molecule has 0 amide bonds. The van der Waals surface area contributed by atoms with Gasteiger partial charge in [0.15, 0.2) is 0 Å². The normalized spacial score (nSPS) is 15.4. The fourth-order valence-corrected chi connectivity index (χ4v) is 2.66. The van der Waals surface area contributed by atoms with Crippen molar-refractivity contribution in [1.29, 1.82) is 0 Å². The van der Waals surface area contributed by atoms with E-state index >= 15 is 0 Å². The Morgan fingerprint density at radius 2 is 1.84 bits per heavy atom. The number of furan rings is 1. The average Bonchev–Trinajstić information content (AvgIpc) is 3.07. The molecule has 1 saturated heterocycles. The molecule has 3 rings (SSSR count). The van der Waals surface area contributed by atoms with E-state index in [0.717, 1.165) is 25.9 Å². The molecule has 0 radical (unpaired) electrons. The molecule has 0 N–H and O–H groups in total. The number of nitro groups is 1. The number of nitro benzene ring substituents is 1. The van der Waals surface area contributed by atoms with Crippen molar-refractivity contribution in [2.45, 2.75) is 18.9 Å². The maximum Gasteiger partial charge on any atom is 0.374 e. The molecule has 1 aromatic heterocycles. The molecular weight excluding hydrogens is 348 g/mol. The summed E-state index contributed by atoms with van der Waals surface area (Å²) in [7, 11) is 2.04. The number of rotatable bonds is 4. The van der Waals surface area contributed by atoms with Gasteiger partial charge in [-0.2, -0.15) is 0 Å². The number of nitrogens with zero attached hydrogens (tertiary/aromatic N) is 2. The van der Waals surface area contributed by atoms with E-state index in [2.05, 4.69) is 4.90 Å². The number of likely N-dealkylation sites (tertiary alicyclic amines) is 1. The third-order valence-corrected chi connectivity index (χ3v) is 4.11. The van der Waals surface area contributed by atoms with Crippen LogP contribution in [0.1, 0.15) is 23.4 Å². The van der Waals surface area contributed by atoms with Crippen LogP contribution in [0.4, 0.5) is 5.69 Å². The van der Waals surface area contributed by atoms with Gasteiger partial charge >= 0.3 is 5.97 Å². The molecule has 1 fully saturated rings. The summed E-state index contributed by atoms with van der Waals surface area (Å²) in [6, 6.07) is 9.19. The Kier molecular flexibility index (Phi) is 6.17. The zero-order valence-electron chi connectivity index (χ0n) is 13.7. The molecule has 0 atom stereocenters. The van der Waals surface area contributed by atoms with Crippen LogP contribution in [0.15, 0.2) is 40.8 Å². The van der Waals surface area contributed by atoms with Crippen LogP contribution in [0.3, 0.4) is 0 Å². The van der Waals surface area contributed by atoms with E-state index in [4.69, 9.17) is 9.15 Å². The Bertz CT molecular complexity index is 736. The van der Waals surface area contributed by atoms with Crippen molar-refractivity contribution in [3.8, 4) is 11.3 Å². The van der Waals surface area contributed by atoms with Crippen molar-refractivity contribution in [2.75, 3.05) is 20.1 Å². The number of hydrogen-bond acceptors (Lipinski definition) is 6. The molecule has 1 aliphatic heterocycles. The summed E-state index contributed by atoms with van der Waals surface area (Å²) >= 11 is 0. The largest absolute Gasteiger partial charge is 0.456 e. The van der Waals surface area contributed by atoms with Gasteiger partial charge in [0, 0.05) is 30.8 Å². The molecule has 2 aromatic rings. The van der Waals surface area contributed by atoms with E-state index in [-0.39, 0.29) is 30.0 Å². The first kappa shape index (κ1) is 19.0. The first-order valence-electron chi connectivity index (χ1n) is 7.77. The van der Waals surface area contributed by atoms with Crippen molar-refractivity contribution in [3.05, 3.63) is 52.3 Å². The van der Waals surface area contributed by atoms with E-state index in [1.165, 1.54) is 12.1 Å². The summed E-state index contributed by atoms with van der Waals surface area (Å²) in [5.41, 5.74) is 0.672. The second-order valence-corrected chi connectivity index (χ2v) is 5.88. The lowest BCUT2D eigenvalue weighted by Gasteiger charge is -2.28. The average molecular weight is 367 g/mol. The SMILES string of the molecule is CN1CCC(OC(=O)c2ccc(-c3ccc([N+](=O)[O-])cc3)o2)CC1.Cl. The van der Waals surface area contributed by atoms with Crippen molar-refractivity contribution >= 4 is 24.1 Å². The smallest absolute Gasteiger partial charge is 0.374 e. The number of ether oxygens (including phenoxy) is 1. The molecule has 0 unspecified atom stereocenters. The van der Waals surface area contributed by atoms with E-state index < -0.39 is 10.9 Å². The second-order valence-electron chi connectivity index (χ2n) is 5.88. The maximum atomic E-state index is 12.2. The summed E-state index contributed by atoms with van der Waals surface area (Å²) < 4.78 is 11.0. The standard InChI is InChI=1S/C17H18N2O5.ClH/c1-18-10-8-14(9-11-18)23-17(20)16-7-6-15(24-16)12-2-4-13(5-3-12)19(21)22;/h2-7,14H,8-11H2,1H3;1H. The monoisotopic (exact) mass is 366 g/mol. The van der Waals surface area contributed by atoms with E-state index in [1.807, 2.05) is 7.05 Å². The first-order chi connectivity index (χ1) is 11.5. The van der Waals surface area contributed by atoms with Crippen molar-refractivity contribution in [1.82, 2.24) is 4.90 Å². The number of carbonyl (C=O) groups excluding carboxylic acids is 1. The molecule has 2 heterocycles. The minimum atomic E-state index is -0.474. The van der Waals surface area contributed by atoms with Crippen molar-refractivity contribution < 1.29 is 18.9 Å². The predicted octanol–water partition coefficient (Wildman–Crippen LogP) is 3.53. The summed E-state index contributed by atoms with van der Waals surface area (Å²) in [6.45, 7) is 1.81. The van der Waals surface area contributed by atoms with Gasteiger partial charge in [0.25, 0.3) is 5.69 Å².